The highest BCUT2D eigenvalue weighted by molar-refractivity contribution is 5.82. The van der Waals surface area contributed by atoms with Gasteiger partial charge in [-0.15, -0.1) is 0 Å². The Kier molecular flexibility index (Phi) is 1.66. The number of carbonyl (C=O) groups is 1. The van der Waals surface area contributed by atoms with E-state index in [2.05, 4.69) is 0 Å². The number of hydrogen-bond donors (Lipinski definition) is 3. The molecule has 2 atom stereocenters. The highest BCUT2D eigenvalue weighted by Crippen LogP contribution is 2.43. The van der Waals surface area contributed by atoms with E-state index < -0.39 is 11.5 Å². The maximum absolute atomic E-state index is 10.4. The SMILES string of the molecule is N[C@]1(C(=O)O)C[C@H]1CCO. The molecule has 0 spiro atoms. The Hall–Kier alpha value is -0.610. The van der Waals surface area contributed by atoms with E-state index in [-0.39, 0.29) is 12.5 Å². The largest absolute Gasteiger partial charge is 0.480 e. The van der Waals surface area contributed by atoms with Gasteiger partial charge in [-0.1, -0.05) is 0 Å². The Morgan fingerprint density at radius 1 is 1.80 bits per heavy atom. The molecule has 0 bridgehead atoms. The van der Waals surface area contributed by atoms with Gasteiger partial charge < -0.3 is 15.9 Å². The van der Waals surface area contributed by atoms with Crippen LogP contribution >= 0.6 is 0 Å². The quantitative estimate of drug-likeness (QED) is 0.484. The number of rotatable bonds is 3. The molecule has 1 aliphatic carbocycles. The van der Waals surface area contributed by atoms with Crippen LogP contribution in [0, 0.1) is 5.92 Å². The maximum atomic E-state index is 10.4. The molecule has 0 amide bonds. The van der Waals surface area contributed by atoms with E-state index >= 15 is 0 Å². The van der Waals surface area contributed by atoms with Gasteiger partial charge in [0.05, 0.1) is 0 Å². The fourth-order valence-electron chi connectivity index (χ4n) is 1.13. The van der Waals surface area contributed by atoms with E-state index in [1.54, 1.807) is 0 Å². The number of carboxylic acids is 1. The third-order valence-corrected chi connectivity index (χ3v) is 2.03. The molecule has 0 radical (unpaired) electrons. The van der Waals surface area contributed by atoms with Crippen molar-refractivity contribution >= 4 is 5.97 Å². The van der Waals surface area contributed by atoms with Gasteiger partial charge in [0.2, 0.25) is 0 Å². The number of aliphatic hydroxyl groups excluding tert-OH is 1. The number of aliphatic hydroxyl groups is 1. The maximum Gasteiger partial charge on any atom is 0.323 e. The zero-order valence-corrected chi connectivity index (χ0v) is 5.58. The predicted molar refractivity (Wildman–Crippen MR) is 34.4 cm³/mol. The van der Waals surface area contributed by atoms with Crippen LogP contribution < -0.4 is 5.73 Å². The minimum atomic E-state index is -1.03. The molecular formula is C6H11NO3. The van der Waals surface area contributed by atoms with Gasteiger partial charge in [-0.3, -0.25) is 4.79 Å². The lowest BCUT2D eigenvalue weighted by molar-refractivity contribution is -0.140. The van der Waals surface area contributed by atoms with Crippen molar-refractivity contribution in [3.05, 3.63) is 0 Å². The predicted octanol–water partition coefficient (Wildman–Crippen LogP) is -0.829. The summed E-state index contributed by atoms with van der Waals surface area (Å²) in [5.74, 6) is -0.971. The molecule has 58 valence electrons. The lowest BCUT2D eigenvalue weighted by Crippen LogP contribution is -2.35. The van der Waals surface area contributed by atoms with Gasteiger partial charge in [-0.2, -0.15) is 0 Å². The number of aliphatic carboxylic acids is 1. The third-order valence-electron chi connectivity index (χ3n) is 2.03. The van der Waals surface area contributed by atoms with Crippen molar-refractivity contribution in [3.8, 4) is 0 Å². The van der Waals surface area contributed by atoms with Crippen LogP contribution in [0.2, 0.25) is 0 Å². The van der Waals surface area contributed by atoms with E-state index in [0.717, 1.165) is 0 Å². The molecule has 1 aliphatic rings. The van der Waals surface area contributed by atoms with E-state index in [1.165, 1.54) is 0 Å². The average Bonchev–Trinajstić information content (AvgIpc) is 2.45. The van der Waals surface area contributed by atoms with Crippen molar-refractivity contribution in [3.63, 3.8) is 0 Å². The fourth-order valence-corrected chi connectivity index (χ4v) is 1.13. The number of carboxylic acid groups (broad SMARTS) is 1. The van der Waals surface area contributed by atoms with Gasteiger partial charge in [0.15, 0.2) is 0 Å². The number of hydrogen-bond acceptors (Lipinski definition) is 3. The Morgan fingerprint density at radius 3 is 2.70 bits per heavy atom. The van der Waals surface area contributed by atoms with Crippen LogP contribution in [-0.2, 0) is 4.79 Å². The van der Waals surface area contributed by atoms with Crippen molar-refractivity contribution in [2.75, 3.05) is 6.61 Å². The van der Waals surface area contributed by atoms with E-state index in [4.69, 9.17) is 15.9 Å². The van der Waals surface area contributed by atoms with Crippen molar-refractivity contribution in [2.45, 2.75) is 18.4 Å². The van der Waals surface area contributed by atoms with Crippen LogP contribution in [0.3, 0.4) is 0 Å². The zero-order chi connectivity index (χ0) is 7.78. The molecule has 4 N–H and O–H groups in total. The third kappa shape index (κ3) is 0.998. The molecule has 0 saturated heterocycles. The molecule has 1 fully saturated rings. The molecule has 0 aliphatic heterocycles. The van der Waals surface area contributed by atoms with Crippen LogP contribution in [0.15, 0.2) is 0 Å². The van der Waals surface area contributed by atoms with Gasteiger partial charge in [0.1, 0.15) is 5.54 Å². The molecule has 1 saturated carbocycles. The minimum Gasteiger partial charge on any atom is -0.480 e. The van der Waals surface area contributed by atoms with E-state index in [9.17, 15) is 4.79 Å². The molecular weight excluding hydrogens is 134 g/mol. The summed E-state index contributed by atoms with van der Waals surface area (Å²) in [6.45, 7) is 0.0247. The van der Waals surface area contributed by atoms with Gasteiger partial charge in [-0.25, -0.2) is 0 Å². The molecule has 4 nitrogen and oxygen atoms in total. The van der Waals surface area contributed by atoms with E-state index in [1.807, 2.05) is 0 Å². The van der Waals surface area contributed by atoms with Gasteiger partial charge >= 0.3 is 5.97 Å². The fraction of sp³-hybridized carbons (Fsp3) is 0.833. The first kappa shape index (κ1) is 7.50. The summed E-state index contributed by atoms with van der Waals surface area (Å²) in [6.07, 6.45) is 1.01. The average molecular weight is 145 g/mol. The second-order valence-corrected chi connectivity index (χ2v) is 2.76. The zero-order valence-electron chi connectivity index (χ0n) is 5.58. The summed E-state index contributed by atoms with van der Waals surface area (Å²) in [4.78, 5) is 10.4. The van der Waals surface area contributed by atoms with Gasteiger partial charge in [0, 0.05) is 6.61 Å². The molecule has 4 heteroatoms. The Labute approximate surface area is 58.6 Å². The van der Waals surface area contributed by atoms with Crippen LogP contribution in [0.5, 0.6) is 0 Å². The molecule has 0 aromatic rings. The number of nitrogens with two attached hydrogens (primary N) is 1. The van der Waals surface area contributed by atoms with Crippen molar-refractivity contribution in [1.29, 1.82) is 0 Å². The summed E-state index contributed by atoms with van der Waals surface area (Å²) >= 11 is 0. The normalized spacial score (nSPS) is 37.6. The Balaban J connectivity index is 2.40. The Morgan fingerprint density at radius 2 is 2.40 bits per heavy atom. The van der Waals surface area contributed by atoms with Crippen LogP contribution in [0.4, 0.5) is 0 Å². The highest BCUT2D eigenvalue weighted by atomic mass is 16.4. The van der Waals surface area contributed by atoms with Crippen LogP contribution in [0.25, 0.3) is 0 Å². The first-order valence-electron chi connectivity index (χ1n) is 3.24. The smallest absolute Gasteiger partial charge is 0.323 e. The van der Waals surface area contributed by atoms with E-state index in [0.29, 0.717) is 12.8 Å². The van der Waals surface area contributed by atoms with Gasteiger partial charge in [0.25, 0.3) is 0 Å². The molecule has 1 rings (SSSR count). The lowest BCUT2D eigenvalue weighted by atomic mass is 10.2. The topological polar surface area (TPSA) is 83.6 Å². The van der Waals surface area contributed by atoms with Gasteiger partial charge in [-0.05, 0) is 18.8 Å². The van der Waals surface area contributed by atoms with Crippen molar-refractivity contribution < 1.29 is 15.0 Å². The lowest BCUT2D eigenvalue weighted by Gasteiger charge is -2.02. The second kappa shape index (κ2) is 2.21. The molecule has 0 unspecified atom stereocenters. The summed E-state index contributed by atoms with van der Waals surface area (Å²) in [5.41, 5.74) is 4.38. The summed E-state index contributed by atoms with van der Waals surface area (Å²) in [5, 5.41) is 16.9. The summed E-state index contributed by atoms with van der Waals surface area (Å²) in [7, 11) is 0. The summed E-state index contributed by atoms with van der Waals surface area (Å²) in [6, 6.07) is 0. The molecule has 0 aromatic heterocycles. The van der Waals surface area contributed by atoms with Crippen LogP contribution in [-0.4, -0.2) is 28.3 Å². The molecule has 0 heterocycles. The highest BCUT2D eigenvalue weighted by Gasteiger charge is 2.56. The molecule has 10 heavy (non-hydrogen) atoms. The first-order valence-corrected chi connectivity index (χ1v) is 3.24. The first-order chi connectivity index (χ1) is 4.61. The Bertz CT molecular complexity index is 159. The van der Waals surface area contributed by atoms with Crippen molar-refractivity contribution in [2.24, 2.45) is 11.7 Å². The monoisotopic (exact) mass is 145 g/mol. The molecule has 0 aromatic carbocycles. The minimum absolute atomic E-state index is 0.0185. The second-order valence-electron chi connectivity index (χ2n) is 2.76. The van der Waals surface area contributed by atoms with Crippen LogP contribution in [0.1, 0.15) is 12.8 Å². The standard InChI is InChI=1S/C6H11NO3/c7-6(5(9)10)3-4(6)1-2-8/h4,8H,1-3,7H2,(H,9,10)/t4-,6-/m1/s1. The summed E-state index contributed by atoms with van der Waals surface area (Å²) < 4.78 is 0. The van der Waals surface area contributed by atoms with Crippen molar-refractivity contribution in [1.82, 2.24) is 0 Å².